The molecule has 1 heterocycles. The number of hydrogen-bond acceptors (Lipinski definition) is 1. The molecule has 0 bridgehead atoms. The Labute approximate surface area is 268 Å². The number of ether oxygens (including phenoxy) is 1. The summed E-state index contributed by atoms with van der Waals surface area (Å²) in [5, 5.41) is 4.90. The molecular weight excluding hydrogens is 556 g/mol. The maximum absolute atomic E-state index is 6.58. The summed E-state index contributed by atoms with van der Waals surface area (Å²) in [6.45, 7) is 0. The molecule has 10 rings (SSSR count). The summed E-state index contributed by atoms with van der Waals surface area (Å²) in [6, 6.07) is 62.1. The molecule has 0 spiro atoms. The molecule has 0 saturated heterocycles. The Morgan fingerprint density at radius 2 is 0.935 bits per heavy atom. The van der Waals surface area contributed by atoms with E-state index in [1.165, 1.54) is 66.1 Å². The maximum Gasteiger partial charge on any atom is 0.135 e. The number of fused-ring (bicyclic) bond motifs is 6. The molecule has 2 aliphatic rings. The number of hydrogen-bond donors (Lipinski definition) is 0. The maximum atomic E-state index is 6.58. The van der Waals surface area contributed by atoms with Crippen LogP contribution in [0.25, 0.3) is 54.9 Å². The van der Waals surface area contributed by atoms with Crippen molar-refractivity contribution >= 4 is 21.5 Å². The minimum Gasteiger partial charge on any atom is -0.456 e. The van der Waals surface area contributed by atoms with Gasteiger partial charge in [0.05, 0.1) is 5.41 Å². The van der Waals surface area contributed by atoms with E-state index >= 15 is 0 Å². The van der Waals surface area contributed by atoms with Crippen molar-refractivity contribution in [2.45, 2.75) is 5.41 Å². The Hall–Kier alpha value is -5.92. The standard InChI is InChI=1S/C45H28O/c1-3-15-34(16-4-1)45(35-17-5-2-6-18-35)40-27-32(21-23-36(40)39-25-30-11-7-8-12-31(30)26-41(39)45)33-22-24-37-38-19-9-13-29-14-10-20-42(44(29)38)46-43(37)28-33/h1-28H. The SMILES string of the molecule is c1ccc(C2(c3ccccc3)c3cc(-c4ccc5c(c4)Oc4cccc6cccc-5c46)ccc3-c3cc4ccccc4cc32)cc1. The molecule has 0 aromatic heterocycles. The van der Waals surface area contributed by atoms with E-state index in [2.05, 4.69) is 170 Å². The molecule has 0 radical (unpaired) electrons. The summed E-state index contributed by atoms with van der Waals surface area (Å²) in [5.41, 5.74) is 12.0. The third-order valence-corrected chi connectivity index (χ3v) is 10.1. The van der Waals surface area contributed by atoms with Crippen molar-refractivity contribution in [3.8, 4) is 44.9 Å². The quantitative estimate of drug-likeness (QED) is 0.201. The van der Waals surface area contributed by atoms with Crippen LogP contribution in [0.2, 0.25) is 0 Å². The topological polar surface area (TPSA) is 9.23 Å². The van der Waals surface area contributed by atoms with Crippen molar-refractivity contribution in [1.82, 2.24) is 0 Å². The van der Waals surface area contributed by atoms with Crippen LogP contribution in [0.3, 0.4) is 0 Å². The van der Waals surface area contributed by atoms with Crippen LogP contribution in [0.1, 0.15) is 22.3 Å². The predicted molar refractivity (Wildman–Crippen MR) is 190 cm³/mol. The molecule has 8 aromatic carbocycles. The zero-order valence-corrected chi connectivity index (χ0v) is 25.1. The lowest BCUT2D eigenvalue weighted by Crippen LogP contribution is -2.28. The van der Waals surface area contributed by atoms with Crippen molar-refractivity contribution in [3.63, 3.8) is 0 Å². The normalized spacial score (nSPS) is 13.6. The molecule has 214 valence electrons. The molecule has 0 unspecified atom stereocenters. The van der Waals surface area contributed by atoms with Crippen LogP contribution in [-0.2, 0) is 5.41 Å². The second-order valence-corrected chi connectivity index (χ2v) is 12.5. The van der Waals surface area contributed by atoms with Gasteiger partial charge in [-0.15, -0.1) is 0 Å². The first-order valence-electron chi connectivity index (χ1n) is 15.9. The summed E-state index contributed by atoms with van der Waals surface area (Å²) >= 11 is 0. The van der Waals surface area contributed by atoms with Crippen LogP contribution in [0.5, 0.6) is 11.5 Å². The zero-order chi connectivity index (χ0) is 30.2. The van der Waals surface area contributed by atoms with Gasteiger partial charge in [0.15, 0.2) is 0 Å². The van der Waals surface area contributed by atoms with Gasteiger partial charge in [-0.25, -0.2) is 0 Å². The van der Waals surface area contributed by atoms with Gasteiger partial charge in [0.2, 0.25) is 0 Å². The molecular formula is C45H28O. The zero-order valence-electron chi connectivity index (χ0n) is 25.1. The average Bonchev–Trinajstić information content (AvgIpc) is 3.40. The third-order valence-electron chi connectivity index (χ3n) is 10.1. The van der Waals surface area contributed by atoms with Crippen LogP contribution in [-0.4, -0.2) is 0 Å². The summed E-state index contributed by atoms with van der Waals surface area (Å²) in [4.78, 5) is 0. The Balaban J connectivity index is 1.23. The van der Waals surface area contributed by atoms with Crippen molar-refractivity contribution in [3.05, 3.63) is 192 Å². The summed E-state index contributed by atoms with van der Waals surface area (Å²) in [5.74, 6) is 1.82. The van der Waals surface area contributed by atoms with Gasteiger partial charge in [-0.3, -0.25) is 0 Å². The van der Waals surface area contributed by atoms with E-state index in [4.69, 9.17) is 4.74 Å². The highest BCUT2D eigenvalue weighted by Crippen LogP contribution is 2.58. The lowest BCUT2D eigenvalue weighted by Gasteiger charge is -2.34. The van der Waals surface area contributed by atoms with Crippen LogP contribution in [0.15, 0.2) is 170 Å². The van der Waals surface area contributed by atoms with Gasteiger partial charge in [0, 0.05) is 10.9 Å². The van der Waals surface area contributed by atoms with Gasteiger partial charge >= 0.3 is 0 Å². The van der Waals surface area contributed by atoms with E-state index in [1.54, 1.807) is 0 Å². The Bertz CT molecular complexity index is 2450. The molecule has 0 atom stereocenters. The first-order chi connectivity index (χ1) is 22.8. The van der Waals surface area contributed by atoms with Crippen molar-refractivity contribution in [1.29, 1.82) is 0 Å². The van der Waals surface area contributed by atoms with Crippen LogP contribution in [0, 0.1) is 0 Å². The van der Waals surface area contributed by atoms with E-state index < -0.39 is 5.41 Å². The Kier molecular flexibility index (Phi) is 5.27. The third kappa shape index (κ3) is 3.46. The highest BCUT2D eigenvalue weighted by molar-refractivity contribution is 6.04. The van der Waals surface area contributed by atoms with E-state index in [1.807, 2.05) is 0 Å². The summed E-state index contributed by atoms with van der Waals surface area (Å²) in [7, 11) is 0. The molecule has 8 aromatic rings. The van der Waals surface area contributed by atoms with Gasteiger partial charge in [0.1, 0.15) is 11.5 Å². The number of rotatable bonds is 3. The fraction of sp³-hybridized carbons (Fsp3) is 0.0222. The monoisotopic (exact) mass is 584 g/mol. The van der Waals surface area contributed by atoms with E-state index in [0.29, 0.717) is 0 Å². The second-order valence-electron chi connectivity index (χ2n) is 12.5. The second kappa shape index (κ2) is 9.54. The average molecular weight is 585 g/mol. The van der Waals surface area contributed by atoms with Gasteiger partial charge in [-0.2, -0.15) is 0 Å². The lowest BCUT2D eigenvalue weighted by molar-refractivity contribution is 0.487. The Morgan fingerprint density at radius 1 is 0.348 bits per heavy atom. The highest BCUT2D eigenvalue weighted by atomic mass is 16.5. The largest absolute Gasteiger partial charge is 0.456 e. The lowest BCUT2D eigenvalue weighted by atomic mass is 9.67. The van der Waals surface area contributed by atoms with E-state index in [0.717, 1.165) is 22.6 Å². The van der Waals surface area contributed by atoms with Crippen LogP contribution < -0.4 is 4.74 Å². The molecule has 0 saturated carbocycles. The molecule has 1 heteroatoms. The minimum atomic E-state index is -0.466. The van der Waals surface area contributed by atoms with Crippen LogP contribution in [0.4, 0.5) is 0 Å². The first-order valence-corrected chi connectivity index (χ1v) is 15.9. The summed E-state index contributed by atoms with van der Waals surface area (Å²) < 4.78 is 6.58. The predicted octanol–water partition coefficient (Wildman–Crippen LogP) is 11.8. The molecule has 0 N–H and O–H groups in total. The fourth-order valence-electron chi connectivity index (χ4n) is 8.10. The number of benzene rings is 8. The first kappa shape index (κ1) is 25.4. The van der Waals surface area contributed by atoms with Crippen molar-refractivity contribution in [2.75, 3.05) is 0 Å². The summed E-state index contributed by atoms with van der Waals surface area (Å²) in [6.07, 6.45) is 0. The smallest absolute Gasteiger partial charge is 0.135 e. The van der Waals surface area contributed by atoms with Gasteiger partial charge in [-0.1, -0.05) is 133 Å². The molecule has 1 aliphatic heterocycles. The fourth-order valence-corrected chi connectivity index (χ4v) is 8.10. The minimum absolute atomic E-state index is 0.466. The van der Waals surface area contributed by atoms with Gasteiger partial charge in [0.25, 0.3) is 0 Å². The van der Waals surface area contributed by atoms with Gasteiger partial charge in [-0.05, 0) is 103 Å². The molecule has 1 nitrogen and oxygen atoms in total. The highest BCUT2D eigenvalue weighted by Gasteiger charge is 2.46. The van der Waals surface area contributed by atoms with E-state index in [-0.39, 0.29) is 0 Å². The molecule has 0 fully saturated rings. The molecule has 46 heavy (non-hydrogen) atoms. The molecule has 1 aliphatic carbocycles. The Morgan fingerprint density at radius 3 is 1.67 bits per heavy atom. The molecule has 0 amide bonds. The van der Waals surface area contributed by atoms with E-state index in [9.17, 15) is 0 Å². The van der Waals surface area contributed by atoms with Crippen molar-refractivity contribution < 1.29 is 4.74 Å². The van der Waals surface area contributed by atoms with Crippen LogP contribution >= 0.6 is 0 Å². The van der Waals surface area contributed by atoms with Gasteiger partial charge < -0.3 is 4.74 Å². The van der Waals surface area contributed by atoms with Crippen molar-refractivity contribution in [2.24, 2.45) is 0 Å².